The van der Waals surface area contributed by atoms with Crippen molar-refractivity contribution < 1.29 is 9.90 Å². The van der Waals surface area contributed by atoms with Crippen molar-refractivity contribution in [3.63, 3.8) is 0 Å². The fourth-order valence-electron chi connectivity index (χ4n) is 2.45. The molecule has 0 radical (unpaired) electrons. The van der Waals surface area contributed by atoms with Gasteiger partial charge in [-0.1, -0.05) is 13.8 Å². The van der Waals surface area contributed by atoms with Gasteiger partial charge in [-0.05, 0) is 19.3 Å². The molecule has 0 amide bonds. The standard InChI is InChI=1S/C11H17N3O2/c1-6(2)14-5-12-13-9(14)7-8(10(15)16)11(7,3)4/h5-8H,1-4H3,(H,15,16). The average molecular weight is 223 g/mol. The minimum absolute atomic E-state index is 0.0186. The number of hydrogen-bond acceptors (Lipinski definition) is 3. The van der Waals surface area contributed by atoms with Crippen LogP contribution < -0.4 is 0 Å². The van der Waals surface area contributed by atoms with Gasteiger partial charge in [-0.3, -0.25) is 4.79 Å². The molecule has 1 aromatic rings. The third-order valence-electron chi connectivity index (χ3n) is 3.53. The van der Waals surface area contributed by atoms with Crippen LogP contribution in [-0.2, 0) is 4.79 Å². The molecule has 1 heterocycles. The van der Waals surface area contributed by atoms with Crippen molar-refractivity contribution in [1.82, 2.24) is 14.8 Å². The number of carboxylic acid groups (broad SMARTS) is 1. The summed E-state index contributed by atoms with van der Waals surface area (Å²) >= 11 is 0. The predicted molar refractivity (Wildman–Crippen MR) is 58.1 cm³/mol. The Morgan fingerprint density at radius 3 is 2.62 bits per heavy atom. The first-order chi connectivity index (χ1) is 7.37. The Morgan fingerprint density at radius 2 is 2.19 bits per heavy atom. The average Bonchev–Trinajstić information content (AvgIpc) is 2.59. The van der Waals surface area contributed by atoms with Crippen molar-refractivity contribution in [1.29, 1.82) is 0 Å². The molecule has 0 spiro atoms. The molecule has 1 fully saturated rings. The van der Waals surface area contributed by atoms with Gasteiger partial charge in [-0.25, -0.2) is 0 Å². The molecule has 1 saturated carbocycles. The van der Waals surface area contributed by atoms with Crippen LogP contribution in [0.15, 0.2) is 6.33 Å². The highest BCUT2D eigenvalue weighted by Crippen LogP contribution is 2.64. The first-order valence-electron chi connectivity index (χ1n) is 5.49. The number of hydrogen-bond donors (Lipinski definition) is 1. The van der Waals surface area contributed by atoms with E-state index in [1.165, 1.54) is 0 Å². The fourth-order valence-corrected chi connectivity index (χ4v) is 2.45. The van der Waals surface area contributed by atoms with Crippen molar-refractivity contribution in [3.05, 3.63) is 12.2 Å². The van der Waals surface area contributed by atoms with E-state index in [1.54, 1.807) is 6.33 Å². The summed E-state index contributed by atoms with van der Waals surface area (Å²) in [5, 5.41) is 17.1. The van der Waals surface area contributed by atoms with Gasteiger partial charge in [0.05, 0.1) is 5.92 Å². The fraction of sp³-hybridized carbons (Fsp3) is 0.727. The van der Waals surface area contributed by atoms with E-state index in [4.69, 9.17) is 5.11 Å². The number of nitrogens with zero attached hydrogens (tertiary/aromatic N) is 3. The largest absolute Gasteiger partial charge is 0.481 e. The number of carboxylic acids is 1. The molecule has 5 heteroatoms. The predicted octanol–water partition coefficient (Wildman–Crippen LogP) is 1.68. The van der Waals surface area contributed by atoms with Crippen molar-refractivity contribution in [2.24, 2.45) is 11.3 Å². The first kappa shape index (κ1) is 11.1. The van der Waals surface area contributed by atoms with Crippen molar-refractivity contribution in [3.8, 4) is 0 Å². The van der Waals surface area contributed by atoms with E-state index in [1.807, 2.05) is 32.3 Å². The Bertz CT molecular complexity index is 423. The van der Waals surface area contributed by atoms with Crippen LogP contribution >= 0.6 is 0 Å². The van der Waals surface area contributed by atoms with Crippen LogP contribution in [0.3, 0.4) is 0 Å². The molecule has 0 aliphatic heterocycles. The Morgan fingerprint density at radius 1 is 1.56 bits per heavy atom. The molecule has 0 bridgehead atoms. The topological polar surface area (TPSA) is 68.0 Å². The molecule has 1 aromatic heterocycles. The molecule has 88 valence electrons. The van der Waals surface area contributed by atoms with Gasteiger partial charge in [-0.2, -0.15) is 0 Å². The summed E-state index contributed by atoms with van der Waals surface area (Å²) < 4.78 is 1.95. The van der Waals surface area contributed by atoms with Gasteiger partial charge in [0, 0.05) is 12.0 Å². The molecule has 16 heavy (non-hydrogen) atoms. The van der Waals surface area contributed by atoms with Crippen LogP contribution in [0.5, 0.6) is 0 Å². The molecule has 2 rings (SSSR count). The summed E-state index contributed by atoms with van der Waals surface area (Å²) in [4.78, 5) is 11.1. The summed E-state index contributed by atoms with van der Waals surface area (Å²) in [6.07, 6.45) is 1.67. The zero-order valence-corrected chi connectivity index (χ0v) is 10.0. The zero-order valence-electron chi connectivity index (χ0n) is 10.0. The molecule has 1 aliphatic rings. The van der Waals surface area contributed by atoms with Crippen LogP contribution in [0.2, 0.25) is 0 Å². The lowest BCUT2D eigenvalue weighted by molar-refractivity contribution is -0.139. The maximum absolute atomic E-state index is 11.1. The van der Waals surface area contributed by atoms with Gasteiger partial charge in [0.15, 0.2) is 0 Å². The Kier molecular flexibility index (Phi) is 2.29. The van der Waals surface area contributed by atoms with Gasteiger partial charge >= 0.3 is 5.97 Å². The summed E-state index contributed by atoms with van der Waals surface area (Å²) in [6.45, 7) is 8.02. The molecule has 5 nitrogen and oxygen atoms in total. The lowest BCUT2D eigenvalue weighted by atomic mass is 10.1. The van der Waals surface area contributed by atoms with Crippen LogP contribution in [0.25, 0.3) is 0 Å². The lowest BCUT2D eigenvalue weighted by Crippen LogP contribution is -2.07. The van der Waals surface area contributed by atoms with Crippen molar-refractivity contribution >= 4 is 5.97 Å². The normalized spacial score (nSPS) is 27.1. The quantitative estimate of drug-likeness (QED) is 0.846. The SMILES string of the molecule is CC(C)n1cnnc1C1C(C(=O)O)C1(C)C. The molecule has 0 saturated heterocycles. The van der Waals surface area contributed by atoms with E-state index < -0.39 is 5.97 Å². The van der Waals surface area contributed by atoms with Gasteiger partial charge in [0.25, 0.3) is 0 Å². The second kappa shape index (κ2) is 3.30. The summed E-state index contributed by atoms with van der Waals surface area (Å²) in [5.41, 5.74) is -0.217. The highest BCUT2D eigenvalue weighted by molar-refractivity contribution is 5.77. The summed E-state index contributed by atoms with van der Waals surface area (Å²) in [5.74, 6) is -0.301. The Balaban J connectivity index is 2.33. The molecular weight excluding hydrogens is 206 g/mol. The van der Waals surface area contributed by atoms with E-state index in [9.17, 15) is 4.79 Å². The van der Waals surface area contributed by atoms with Crippen LogP contribution in [0.1, 0.15) is 45.5 Å². The monoisotopic (exact) mass is 223 g/mol. The third-order valence-corrected chi connectivity index (χ3v) is 3.53. The van der Waals surface area contributed by atoms with Crippen molar-refractivity contribution in [2.45, 2.75) is 39.7 Å². The molecule has 1 aliphatic carbocycles. The Labute approximate surface area is 94.5 Å². The minimum atomic E-state index is -0.742. The van der Waals surface area contributed by atoms with Gasteiger partial charge in [0.2, 0.25) is 0 Å². The van der Waals surface area contributed by atoms with E-state index in [-0.39, 0.29) is 23.3 Å². The van der Waals surface area contributed by atoms with Gasteiger partial charge in [0.1, 0.15) is 12.2 Å². The number of carbonyl (C=O) groups is 1. The van der Waals surface area contributed by atoms with Gasteiger partial charge in [-0.15, -0.1) is 10.2 Å². The summed E-state index contributed by atoms with van der Waals surface area (Å²) in [7, 11) is 0. The second-order valence-corrected chi connectivity index (χ2v) is 5.31. The zero-order chi connectivity index (χ0) is 12.1. The summed E-state index contributed by atoms with van der Waals surface area (Å²) in [6, 6.07) is 0.260. The molecule has 0 aromatic carbocycles. The smallest absolute Gasteiger partial charge is 0.307 e. The highest BCUT2D eigenvalue weighted by atomic mass is 16.4. The maximum Gasteiger partial charge on any atom is 0.307 e. The number of rotatable bonds is 3. The molecule has 2 atom stereocenters. The Hall–Kier alpha value is -1.39. The molecule has 1 N–H and O–H groups in total. The van der Waals surface area contributed by atoms with Crippen LogP contribution in [0, 0.1) is 11.3 Å². The van der Waals surface area contributed by atoms with E-state index in [0.29, 0.717) is 0 Å². The maximum atomic E-state index is 11.1. The second-order valence-electron chi connectivity index (χ2n) is 5.31. The van der Waals surface area contributed by atoms with Gasteiger partial charge < -0.3 is 9.67 Å². The van der Waals surface area contributed by atoms with Crippen LogP contribution in [-0.4, -0.2) is 25.8 Å². The van der Waals surface area contributed by atoms with E-state index >= 15 is 0 Å². The van der Waals surface area contributed by atoms with Crippen molar-refractivity contribution in [2.75, 3.05) is 0 Å². The van der Waals surface area contributed by atoms with E-state index in [2.05, 4.69) is 10.2 Å². The van der Waals surface area contributed by atoms with E-state index in [0.717, 1.165) is 5.82 Å². The lowest BCUT2D eigenvalue weighted by Gasteiger charge is -2.10. The molecular formula is C11H17N3O2. The number of aliphatic carboxylic acids is 1. The van der Waals surface area contributed by atoms with Crippen LogP contribution in [0.4, 0.5) is 0 Å². The third kappa shape index (κ3) is 1.42. The minimum Gasteiger partial charge on any atom is -0.481 e. The first-order valence-corrected chi connectivity index (χ1v) is 5.49. The number of aromatic nitrogens is 3. The highest BCUT2D eigenvalue weighted by Gasteiger charge is 2.64. The molecule has 2 unspecified atom stereocenters.